The Balaban J connectivity index is 1.91. The van der Waals surface area contributed by atoms with Crippen LogP contribution < -0.4 is 0 Å². The zero-order chi connectivity index (χ0) is 15.1. The maximum atomic E-state index is 12.6. The lowest BCUT2D eigenvalue weighted by Crippen LogP contribution is -2.01. The molecule has 0 atom stereocenters. The van der Waals surface area contributed by atoms with Crippen molar-refractivity contribution in [1.82, 2.24) is 4.98 Å². The van der Waals surface area contributed by atoms with E-state index in [0.29, 0.717) is 11.3 Å². The number of carbonyl (C=O) groups excluding carboxylic acids is 1. The summed E-state index contributed by atoms with van der Waals surface area (Å²) in [6.07, 6.45) is 0. The summed E-state index contributed by atoms with van der Waals surface area (Å²) in [6.45, 7) is 0. The summed E-state index contributed by atoms with van der Waals surface area (Å²) in [4.78, 5) is 15.7. The quantitative estimate of drug-likeness (QED) is 0.541. The molecule has 22 heavy (non-hydrogen) atoms. The summed E-state index contributed by atoms with van der Waals surface area (Å²) in [5.41, 5.74) is 1.70. The van der Waals surface area contributed by atoms with Gasteiger partial charge in [-0.05, 0) is 35.0 Å². The van der Waals surface area contributed by atoms with Crippen LogP contribution in [0.2, 0.25) is 0 Å². The van der Waals surface area contributed by atoms with E-state index in [1.54, 1.807) is 18.2 Å². The highest BCUT2D eigenvalue weighted by molar-refractivity contribution is 6.15. The van der Waals surface area contributed by atoms with Gasteiger partial charge in [-0.3, -0.25) is 4.79 Å². The molecular formula is C19H13NO2. The monoisotopic (exact) mass is 287 g/mol. The molecule has 0 saturated carbocycles. The number of aromatic amines is 1. The molecule has 0 bridgehead atoms. The average Bonchev–Trinajstić information content (AvgIpc) is 2.99. The van der Waals surface area contributed by atoms with E-state index in [2.05, 4.69) is 4.98 Å². The van der Waals surface area contributed by atoms with Gasteiger partial charge in [0, 0.05) is 10.9 Å². The van der Waals surface area contributed by atoms with Crippen LogP contribution in [0, 0.1) is 0 Å². The van der Waals surface area contributed by atoms with Crippen LogP contribution in [0.15, 0.2) is 66.7 Å². The molecular weight excluding hydrogens is 274 g/mol. The molecule has 3 aromatic carbocycles. The number of phenols is 1. The number of ketones is 1. The third-order valence-corrected chi connectivity index (χ3v) is 3.92. The second-order valence-corrected chi connectivity index (χ2v) is 5.28. The lowest BCUT2D eigenvalue weighted by molar-refractivity contribution is 0.103. The van der Waals surface area contributed by atoms with Crippen LogP contribution in [0.25, 0.3) is 21.7 Å². The topological polar surface area (TPSA) is 53.1 Å². The number of carbonyl (C=O) groups is 1. The number of hydrogen-bond donors (Lipinski definition) is 2. The summed E-state index contributed by atoms with van der Waals surface area (Å²) in [7, 11) is 0. The fourth-order valence-corrected chi connectivity index (χ4v) is 2.82. The largest absolute Gasteiger partial charge is 0.507 e. The number of para-hydroxylation sites is 1. The Morgan fingerprint density at radius 2 is 1.64 bits per heavy atom. The second kappa shape index (κ2) is 4.74. The molecule has 1 aromatic heterocycles. The zero-order valence-corrected chi connectivity index (χ0v) is 11.7. The van der Waals surface area contributed by atoms with Gasteiger partial charge in [-0.1, -0.05) is 42.5 Å². The van der Waals surface area contributed by atoms with Crippen molar-refractivity contribution < 1.29 is 9.90 Å². The number of benzene rings is 3. The van der Waals surface area contributed by atoms with E-state index in [4.69, 9.17) is 0 Å². The standard InChI is InChI=1S/C19H13NO2/c21-18-8-4-3-7-14(18)19(22)17-11-15-13-6-2-1-5-12(13)9-10-16(15)20-17/h1-11,20-21H. The van der Waals surface area contributed by atoms with Crippen molar-refractivity contribution in [1.29, 1.82) is 0 Å². The minimum absolute atomic E-state index is 0.00369. The summed E-state index contributed by atoms with van der Waals surface area (Å²) in [5.74, 6) is -0.214. The van der Waals surface area contributed by atoms with Crippen LogP contribution in [0.5, 0.6) is 5.75 Å². The first-order valence-electron chi connectivity index (χ1n) is 7.07. The number of aromatic hydroxyl groups is 1. The number of fused-ring (bicyclic) bond motifs is 3. The van der Waals surface area contributed by atoms with Crippen LogP contribution in [0.3, 0.4) is 0 Å². The van der Waals surface area contributed by atoms with Gasteiger partial charge in [0.05, 0.1) is 11.3 Å². The van der Waals surface area contributed by atoms with Crippen molar-refractivity contribution in [2.75, 3.05) is 0 Å². The average molecular weight is 287 g/mol. The van der Waals surface area contributed by atoms with Crippen molar-refractivity contribution in [2.24, 2.45) is 0 Å². The summed E-state index contributed by atoms with van der Waals surface area (Å²) >= 11 is 0. The van der Waals surface area contributed by atoms with E-state index in [1.807, 2.05) is 42.5 Å². The predicted molar refractivity (Wildman–Crippen MR) is 87.3 cm³/mol. The third-order valence-electron chi connectivity index (χ3n) is 3.92. The highest BCUT2D eigenvalue weighted by atomic mass is 16.3. The maximum absolute atomic E-state index is 12.6. The summed E-state index contributed by atoms with van der Waals surface area (Å²) in [5, 5.41) is 13.1. The number of phenolic OH excluding ortho intramolecular Hbond substituents is 1. The minimum atomic E-state index is -0.210. The number of aromatic nitrogens is 1. The van der Waals surface area contributed by atoms with E-state index in [-0.39, 0.29) is 11.5 Å². The fraction of sp³-hybridized carbons (Fsp3) is 0. The van der Waals surface area contributed by atoms with E-state index in [1.165, 1.54) is 6.07 Å². The summed E-state index contributed by atoms with van der Waals surface area (Å²) < 4.78 is 0. The van der Waals surface area contributed by atoms with Gasteiger partial charge in [0.25, 0.3) is 0 Å². The van der Waals surface area contributed by atoms with Crippen molar-refractivity contribution in [2.45, 2.75) is 0 Å². The molecule has 0 aliphatic carbocycles. The van der Waals surface area contributed by atoms with E-state index in [9.17, 15) is 9.90 Å². The van der Waals surface area contributed by atoms with Gasteiger partial charge in [-0.25, -0.2) is 0 Å². The van der Waals surface area contributed by atoms with Gasteiger partial charge in [-0.2, -0.15) is 0 Å². The molecule has 3 nitrogen and oxygen atoms in total. The van der Waals surface area contributed by atoms with Crippen molar-refractivity contribution >= 4 is 27.5 Å². The Kier molecular flexibility index (Phi) is 2.73. The van der Waals surface area contributed by atoms with Crippen LogP contribution in [-0.4, -0.2) is 15.9 Å². The molecule has 0 unspecified atom stereocenters. The molecule has 2 N–H and O–H groups in total. The van der Waals surface area contributed by atoms with Gasteiger partial charge >= 0.3 is 0 Å². The summed E-state index contributed by atoms with van der Waals surface area (Å²) in [6, 6.07) is 20.5. The molecule has 4 rings (SSSR count). The van der Waals surface area contributed by atoms with Crippen LogP contribution in [-0.2, 0) is 0 Å². The van der Waals surface area contributed by atoms with E-state index >= 15 is 0 Å². The Labute approximate surface area is 126 Å². The number of nitrogens with one attached hydrogen (secondary N) is 1. The molecule has 0 radical (unpaired) electrons. The van der Waals surface area contributed by atoms with Gasteiger partial charge in [0.1, 0.15) is 5.75 Å². The normalized spacial score (nSPS) is 11.1. The highest BCUT2D eigenvalue weighted by Crippen LogP contribution is 2.28. The first-order chi connectivity index (χ1) is 10.7. The molecule has 0 spiro atoms. The Hall–Kier alpha value is -3.07. The van der Waals surface area contributed by atoms with Gasteiger partial charge < -0.3 is 10.1 Å². The molecule has 1 heterocycles. The molecule has 0 aliphatic heterocycles. The van der Waals surface area contributed by atoms with Gasteiger partial charge in [0.15, 0.2) is 0 Å². The number of rotatable bonds is 2. The van der Waals surface area contributed by atoms with Crippen LogP contribution >= 0.6 is 0 Å². The van der Waals surface area contributed by atoms with Crippen molar-refractivity contribution in [3.8, 4) is 5.75 Å². The van der Waals surface area contributed by atoms with E-state index in [0.717, 1.165) is 21.7 Å². The zero-order valence-electron chi connectivity index (χ0n) is 11.7. The van der Waals surface area contributed by atoms with Crippen LogP contribution in [0.4, 0.5) is 0 Å². The highest BCUT2D eigenvalue weighted by Gasteiger charge is 2.16. The Morgan fingerprint density at radius 1 is 0.864 bits per heavy atom. The molecule has 106 valence electrons. The number of H-pyrrole nitrogens is 1. The fourth-order valence-electron chi connectivity index (χ4n) is 2.82. The van der Waals surface area contributed by atoms with Crippen LogP contribution in [0.1, 0.15) is 16.1 Å². The molecule has 0 saturated heterocycles. The SMILES string of the molecule is O=C(c1cc2c(ccc3ccccc32)[nH]1)c1ccccc1O. The maximum Gasteiger partial charge on any atom is 0.212 e. The lowest BCUT2D eigenvalue weighted by Gasteiger charge is -2.00. The minimum Gasteiger partial charge on any atom is -0.507 e. The van der Waals surface area contributed by atoms with E-state index < -0.39 is 0 Å². The molecule has 0 aliphatic rings. The third kappa shape index (κ3) is 1.87. The lowest BCUT2D eigenvalue weighted by atomic mass is 10.0. The molecule has 0 fully saturated rings. The smallest absolute Gasteiger partial charge is 0.212 e. The molecule has 0 amide bonds. The first-order valence-corrected chi connectivity index (χ1v) is 7.07. The molecule has 3 heteroatoms. The van der Waals surface area contributed by atoms with Gasteiger partial charge in [-0.15, -0.1) is 0 Å². The van der Waals surface area contributed by atoms with Crippen molar-refractivity contribution in [3.63, 3.8) is 0 Å². The second-order valence-electron chi connectivity index (χ2n) is 5.28. The number of hydrogen-bond acceptors (Lipinski definition) is 2. The van der Waals surface area contributed by atoms with Gasteiger partial charge in [0.2, 0.25) is 5.78 Å². The first kappa shape index (κ1) is 12.7. The predicted octanol–water partition coefficient (Wildman–Crippen LogP) is 4.26. The molecule has 4 aromatic rings. The Morgan fingerprint density at radius 3 is 2.50 bits per heavy atom. The van der Waals surface area contributed by atoms with Crippen molar-refractivity contribution in [3.05, 3.63) is 78.0 Å². The Bertz CT molecular complexity index is 1010.